The third-order valence-corrected chi connectivity index (χ3v) is 6.08. The highest BCUT2D eigenvalue weighted by Crippen LogP contribution is 2.47. The van der Waals surface area contributed by atoms with Crippen LogP contribution in [0, 0.1) is 5.82 Å². The number of methoxy groups -OCH3 is 2. The highest BCUT2D eigenvalue weighted by atomic mass is 19.1. The zero-order valence-corrected chi connectivity index (χ0v) is 17.4. The van der Waals surface area contributed by atoms with Crippen LogP contribution in [0.4, 0.5) is 4.39 Å². The van der Waals surface area contributed by atoms with Gasteiger partial charge in [0.2, 0.25) is 5.91 Å². The van der Waals surface area contributed by atoms with Gasteiger partial charge in [-0.1, -0.05) is 18.2 Å². The third-order valence-electron chi connectivity index (χ3n) is 6.08. The molecule has 2 aliphatic heterocycles. The Balaban J connectivity index is 1.94. The Hall–Kier alpha value is -3.09. The van der Waals surface area contributed by atoms with E-state index in [1.54, 1.807) is 37.4 Å². The van der Waals surface area contributed by atoms with Gasteiger partial charge in [-0.2, -0.15) is 0 Å². The molecule has 158 valence electrons. The van der Waals surface area contributed by atoms with E-state index in [-0.39, 0.29) is 11.8 Å². The Kier molecular flexibility index (Phi) is 5.37. The summed E-state index contributed by atoms with van der Waals surface area (Å²) < 4.78 is 25.6. The SMILES string of the molecule is COc1cc2c(cc1OC)[C@@H](C(=O)N1CCCC1)[C@@H](c1ccccc1F)N(C)C2=O. The van der Waals surface area contributed by atoms with Gasteiger partial charge in [-0.15, -0.1) is 0 Å². The van der Waals surface area contributed by atoms with Crippen molar-refractivity contribution < 1.29 is 23.5 Å². The first kappa shape index (κ1) is 20.2. The van der Waals surface area contributed by atoms with Crippen LogP contribution in [-0.2, 0) is 4.79 Å². The fourth-order valence-corrected chi connectivity index (χ4v) is 4.55. The lowest BCUT2D eigenvalue weighted by Gasteiger charge is -2.41. The third kappa shape index (κ3) is 3.18. The van der Waals surface area contributed by atoms with Gasteiger partial charge in [0.05, 0.1) is 26.2 Å². The molecule has 2 amide bonds. The molecule has 4 rings (SSSR count). The van der Waals surface area contributed by atoms with Crippen molar-refractivity contribution >= 4 is 11.8 Å². The molecule has 0 spiro atoms. The number of nitrogens with zero attached hydrogens (tertiary/aromatic N) is 2. The van der Waals surface area contributed by atoms with Gasteiger partial charge in [0.25, 0.3) is 5.91 Å². The maximum atomic E-state index is 14.8. The first-order valence-electron chi connectivity index (χ1n) is 10.0. The average Bonchev–Trinajstić information content (AvgIpc) is 3.30. The molecule has 0 N–H and O–H groups in total. The van der Waals surface area contributed by atoms with Gasteiger partial charge in [0, 0.05) is 31.3 Å². The van der Waals surface area contributed by atoms with Crippen LogP contribution in [0.5, 0.6) is 11.5 Å². The van der Waals surface area contributed by atoms with E-state index in [0.717, 1.165) is 12.8 Å². The summed E-state index contributed by atoms with van der Waals surface area (Å²) in [5.41, 5.74) is 1.24. The number of likely N-dealkylation sites (tertiary alicyclic amines) is 1. The number of amides is 2. The molecule has 0 unspecified atom stereocenters. The largest absolute Gasteiger partial charge is 0.493 e. The lowest BCUT2D eigenvalue weighted by atomic mass is 9.78. The van der Waals surface area contributed by atoms with Crippen molar-refractivity contribution in [1.82, 2.24) is 9.80 Å². The molecule has 0 bridgehead atoms. The average molecular weight is 412 g/mol. The monoisotopic (exact) mass is 412 g/mol. The maximum Gasteiger partial charge on any atom is 0.254 e. The summed E-state index contributed by atoms with van der Waals surface area (Å²) >= 11 is 0. The summed E-state index contributed by atoms with van der Waals surface area (Å²) in [5, 5.41) is 0. The second kappa shape index (κ2) is 7.97. The van der Waals surface area contributed by atoms with E-state index < -0.39 is 17.8 Å². The van der Waals surface area contributed by atoms with E-state index in [0.29, 0.717) is 41.3 Å². The van der Waals surface area contributed by atoms with Crippen molar-refractivity contribution in [2.75, 3.05) is 34.4 Å². The maximum absolute atomic E-state index is 14.8. The van der Waals surface area contributed by atoms with Crippen LogP contribution < -0.4 is 9.47 Å². The number of likely N-dealkylation sites (N-methyl/N-ethyl adjacent to an activating group) is 1. The summed E-state index contributed by atoms with van der Waals surface area (Å²) in [4.78, 5) is 30.2. The molecule has 2 atom stereocenters. The minimum absolute atomic E-state index is 0.103. The second-order valence-electron chi connectivity index (χ2n) is 7.69. The molecule has 0 aliphatic carbocycles. The van der Waals surface area contributed by atoms with Crippen LogP contribution in [0.15, 0.2) is 36.4 Å². The highest BCUT2D eigenvalue weighted by molar-refractivity contribution is 6.02. The molecule has 6 nitrogen and oxygen atoms in total. The molecule has 1 fully saturated rings. The van der Waals surface area contributed by atoms with Gasteiger partial charge in [0.1, 0.15) is 5.82 Å². The highest BCUT2D eigenvalue weighted by Gasteiger charge is 2.46. The van der Waals surface area contributed by atoms with Gasteiger partial charge in [-0.25, -0.2) is 4.39 Å². The molecule has 2 aromatic carbocycles. The molecule has 0 saturated carbocycles. The minimum atomic E-state index is -0.752. The fraction of sp³-hybridized carbons (Fsp3) is 0.391. The van der Waals surface area contributed by atoms with E-state index in [4.69, 9.17) is 9.47 Å². The topological polar surface area (TPSA) is 59.1 Å². The molecule has 30 heavy (non-hydrogen) atoms. The molecule has 2 heterocycles. The van der Waals surface area contributed by atoms with Gasteiger partial charge in [-0.3, -0.25) is 9.59 Å². The Morgan fingerprint density at radius 3 is 2.30 bits per heavy atom. The summed E-state index contributed by atoms with van der Waals surface area (Å²) in [5.74, 6) is -0.726. The van der Waals surface area contributed by atoms with Crippen molar-refractivity contribution in [1.29, 1.82) is 0 Å². The molecule has 2 aromatic rings. The molecule has 0 radical (unpaired) electrons. The van der Waals surface area contributed by atoms with E-state index in [9.17, 15) is 14.0 Å². The second-order valence-corrected chi connectivity index (χ2v) is 7.69. The summed E-state index contributed by atoms with van der Waals surface area (Å²) in [7, 11) is 4.62. The van der Waals surface area contributed by atoms with Crippen molar-refractivity contribution in [3.63, 3.8) is 0 Å². The van der Waals surface area contributed by atoms with Gasteiger partial charge < -0.3 is 19.3 Å². The number of rotatable bonds is 4. The van der Waals surface area contributed by atoms with Crippen LogP contribution in [0.1, 0.15) is 46.3 Å². The first-order chi connectivity index (χ1) is 14.5. The van der Waals surface area contributed by atoms with E-state index >= 15 is 0 Å². The Morgan fingerprint density at radius 2 is 1.67 bits per heavy atom. The van der Waals surface area contributed by atoms with Gasteiger partial charge >= 0.3 is 0 Å². The van der Waals surface area contributed by atoms with Crippen molar-refractivity contribution in [3.8, 4) is 11.5 Å². The van der Waals surface area contributed by atoms with E-state index in [1.165, 1.54) is 25.2 Å². The molecular weight excluding hydrogens is 387 g/mol. The summed E-state index contributed by atoms with van der Waals surface area (Å²) in [6, 6.07) is 8.85. The number of carbonyl (C=O) groups excluding carboxylic acids is 2. The van der Waals surface area contributed by atoms with Crippen LogP contribution in [-0.4, -0.2) is 56.0 Å². The zero-order chi connectivity index (χ0) is 21.4. The zero-order valence-electron chi connectivity index (χ0n) is 17.4. The number of halogens is 1. The number of hydrogen-bond acceptors (Lipinski definition) is 4. The molecule has 1 saturated heterocycles. The van der Waals surface area contributed by atoms with Crippen molar-refractivity contribution in [3.05, 3.63) is 58.9 Å². The lowest BCUT2D eigenvalue weighted by molar-refractivity contribution is -0.133. The number of ether oxygens (including phenoxy) is 2. The van der Waals surface area contributed by atoms with Crippen LogP contribution in [0.3, 0.4) is 0 Å². The Bertz CT molecular complexity index is 987. The van der Waals surface area contributed by atoms with Crippen molar-refractivity contribution in [2.24, 2.45) is 0 Å². The normalized spacial score (nSPS) is 20.9. The Labute approximate surface area is 175 Å². The fourth-order valence-electron chi connectivity index (χ4n) is 4.55. The number of hydrogen-bond donors (Lipinski definition) is 0. The van der Waals surface area contributed by atoms with Gasteiger partial charge in [-0.05, 0) is 36.6 Å². The predicted octanol–water partition coefficient (Wildman–Crippen LogP) is 3.38. The van der Waals surface area contributed by atoms with E-state index in [2.05, 4.69) is 0 Å². The minimum Gasteiger partial charge on any atom is -0.493 e. The quantitative estimate of drug-likeness (QED) is 0.773. The predicted molar refractivity (Wildman–Crippen MR) is 109 cm³/mol. The molecule has 2 aliphatic rings. The van der Waals surface area contributed by atoms with Crippen LogP contribution >= 0.6 is 0 Å². The number of benzene rings is 2. The first-order valence-corrected chi connectivity index (χ1v) is 10.0. The lowest BCUT2D eigenvalue weighted by Crippen LogP contribution is -2.46. The molecule has 7 heteroatoms. The Morgan fingerprint density at radius 1 is 1.03 bits per heavy atom. The van der Waals surface area contributed by atoms with Crippen molar-refractivity contribution in [2.45, 2.75) is 24.8 Å². The number of carbonyl (C=O) groups is 2. The molecule has 0 aromatic heterocycles. The molecular formula is C23H25FN2O4. The summed E-state index contributed by atoms with van der Waals surface area (Å²) in [6.07, 6.45) is 1.88. The van der Waals surface area contributed by atoms with Crippen LogP contribution in [0.2, 0.25) is 0 Å². The number of fused-ring (bicyclic) bond motifs is 1. The smallest absolute Gasteiger partial charge is 0.254 e. The summed E-state index contributed by atoms with van der Waals surface area (Å²) in [6.45, 7) is 1.33. The van der Waals surface area contributed by atoms with E-state index in [1.807, 2.05) is 4.90 Å². The van der Waals surface area contributed by atoms with Crippen LogP contribution in [0.25, 0.3) is 0 Å². The standard InChI is InChI=1S/C23H25FN2O4/c1-25-21(14-8-4-5-9-17(14)24)20(23(28)26-10-6-7-11-26)15-12-18(29-2)19(30-3)13-16(15)22(25)27/h4-5,8-9,12-13,20-21H,6-7,10-11H2,1-3H3/t20-,21-/m1/s1. The van der Waals surface area contributed by atoms with Gasteiger partial charge in [0.15, 0.2) is 11.5 Å².